The lowest BCUT2D eigenvalue weighted by Crippen LogP contribution is -2.54. The van der Waals surface area contributed by atoms with Crippen molar-refractivity contribution in [1.29, 1.82) is 0 Å². The van der Waals surface area contributed by atoms with Gasteiger partial charge in [-0.3, -0.25) is 19.9 Å². The van der Waals surface area contributed by atoms with E-state index in [1.807, 2.05) is 0 Å². The predicted octanol–water partition coefficient (Wildman–Crippen LogP) is 1.63. The fourth-order valence-corrected chi connectivity index (χ4v) is 3.24. The van der Waals surface area contributed by atoms with Crippen molar-refractivity contribution >= 4 is 29.4 Å². The number of nitrogens with zero attached hydrogens (tertiary/aromatic N) is 1. The molecule has 32 heavy (non-hydrogen) atoms. The Kier molecular flexibility index (Phi) is 7.09. The van der Waals surface area contributed by atoms with Crippen molar-refractivity contribution in [2.24, 2.45) is 0 Å². The molecule has 2 amide bonds. The summed E-state index contributed by atoms with van der Waals surface area (Å²) in [5.41, 5.74) is 3.91. The number of nitrogens with one attached hydrogen (secondary N) is 2. The number of carboxylic acids is 1. The van der Waals surface area contributed by atoms with E-state index in [1.54, 1.807) is 24.3 Å². The van der Waals surface area contributed by atoms with Crippen molar-refractivity contribution in [3.63, 3.8) is 0 Å². The van der Waals surface area contributed by atoms with Crippen molar-refractivity contribution in [3.8, 4) is 11.1 Å². The molecule has 0 bridgehead atoms. The maximum atomic E-state index is 14.1. The highest BCUT2D eigenvalue weighted by atomic mass is 35.5. The zero-order valence-electron chi connectivity index (χ0n) is 17.0. The molecule has 2 atom stereocenters. The molecule has 2 aromatic rings. The van der Waals surface area contributed by atoms with Crippen molar-refractivity contribution in [1.82, 2.24) is 15.9 Å². The first kappa shape index (κ1) is 23.6. The van der Waals surface area contributed by atoms with Gasteiger partial charge in [0.05, 0.1) is 13.0 Å². The highest BCUT2D eigenvalue weighted by Crippen LogP contribution is 2.26. The smallest absolute Gasteiger partial charge is 0.336 e. The minimum atomic E-state index is -2.16. The first-order chi connectivity index (χ1) is 15.0. The lowest BCUT2D eigenvalue weighted by Gasteiger charge is -2.29. The minimum absolute atomic E-state index is 0.0154. The van der Waals surface area contributed by atoms with Crippen molar-refractivity contribution in [3.05, 3.63) is 58.9 Å². The summed E-state index contributed by atoms with van der Waals surface area (Å²) in [6.07, 6.45) is -1.28. The van der Waals surface area contributed by atoms with Gasteiger partial charge in [-0.05, 0) is 36.2 Å². The molecular weight excluding hydrogens is 445 g/mol. The molecule has 0 radical (unpaired) electrons. The average Bonchev–Trinajstić information content (AvgIpc) is 3.16. The lowest BCUT2D eigenvalue weighted by molar-refractivity contribution is -0.161. The van der Waals surface area contributed by atoms with E-state index < -0.39 is 41.9 Å². The Balaban J connectivity index is 1.77. The van der Waals surface area contributed by atoms with Crippen LogP contribution in [0.25, 0.3) is 11.1 Å². The molecule has 4 N–H and O–H groups in total. The van der Waals surface area contributed by atoms with Gasteiger partial charge in [0.15, 0.2) is 11.7 Å². The molecule has 0 saturated carbocycles. The highest BCUT2D eigenvalue weighted by Gasteiger charge is 2.35. The topological polar surface area (TPSA) is 128 Å². The number of aliphatic hydroxyl groups is 1. The maximum absolute atomic E-state index is 14.1. The molecule has 3 rings (SSSR count). The third-order valence-electron chi connectivity index (χ3n) is 4.77. The van der Waals surface area contributed by atoms with Crippen molar-refractivity contribution in [2.75, 3.05) is 6.54 Å². The minimum Gasteiger partial charge on any atom is -0.479 e. The summed E-state index contributed by atoms with van der Waals surface area (Å²) in [6, 6.07) is 10.9. The number of halogens is 2. The third kappa shape index (κ3) is 5.80. The maximum Gasteiger partial charge on any atom is 0.336 e. The molecular formula is C21H21ClFN3O6. The summed E-state index contributed by atoms with van der Waals surface area (Å²) in [7, 11) is 0. The number of hydrazine groups is 1. The van der Waals surface area contributed by atoms with Crippen LogP contribution in [0, 0.1) is 5.82 Å². The van der Waals surface area contributed by atoms with Crippen LogP contribution < -0.4 is 10.9 Å². The van der Waals surface area contributed by atoms with E-state index in [0.29, 0.717) is 21.7 Å². The number of carboxylic acid groups (broad SMARTS) is 1. The predicted molar refractivity (Wildman–Crippen MR) is 111 cm³/mol. The fourth-order valence-electron chi connectivity index (χ4n) is 3.07. The largest absolute Gasteiger partial charge is 0.479 e. The second-order valence-electron chi connectivity index (χ2n) is 7.57. The van der Waals surface area contributed by atoms with Crippen LogP contribution in [-0.4, -0.2) is 51.3 Å². The Morgan fingerprint density at radius 2 is 2.00 bits per heavy atom. The number of hydroxylamine groups is 1. The number of carbonyl (C=O) groups excluding carboxylic acids is 2. The van der Waals surface area contributed by atoms with E-state index in [-0.39, 0.29) is 13.0 Å². The first-order valence-corrected chi connectivity index (χ1v) is 9.93. The first-order valence-electron chi connectivity index (χ1n) is 9.55. The molecule has 170 valence electrons. The average molecular weight is 466 g/mol. The fraction of sp³-hybridized carbons (Fsp3) is 0.286. The monoisotopic (exact) mass is 465 g/mol. The van der Waals surface area contributed by atoms with E-state index in [9.17, 15) is 29.0 Å². The van der Waals surface area contributed by atoms with E-state index in [0.717, 1.165) is 6.92 Å². The van der Waals surface area contributed by atoms with Crippen LogP contribution in [0.4, 0.5) is 4.39 Å². The van der Waals surface area contributed by atoms with Gasteiger partial charge in [0.1, 0.15) is 5.82 Å². The summed E-state index contributed by atoms with van der Waals surface area (Å²) >= 11 is 5.94. The molecule has 1 heterocycles. The second kappa shape index (κ2) is 9.61. The van der Waals surface area contributed by atoms with Gasteiger partial charge in [0, 0.05) is 17.1 Å². The van der Waals surface area contributed by atoms with Crippen LogP contribution >= 0.6 is 11.6 Å². The van der Waals surface area contributed by atoms with Crippen LogP contribution in [0.1, 0.15) is 18.9 Å². The van der Waals surface area contributed by atoms with Crippen LogP contribution in [0.2, 0.25) is 5.02 Å². The standard InChI is InChI=1S/C21H21ClFN3O6/c1-21(31,20(29)30)11-26(24-19(28)17-9-18(27)25-32-17)10-12-2-4-13(5-3-12)15-8-14(22)6-7-16(15)23/h2-8,17,31H,9-11H2,1H3,(H,24,28)(H,25,27)(H,29,30)/t17?,21-/m1/s1. The van der Waals surface area contributed by atoms with E-state index in [4.69, 9.17) is 16.4 Å². The van der Waals surface area contributed by atoms with Gasteiger partial charge < -0.3 is 10.2 Å². The second-order valence-corrected chi connectivity index (χ2v) is 8.00. The number of benzene rings is 2. The highest BCUT2D eigenvalue weighted by molar-refractivity contribution is 6.30. The Bertz CT molecular complexity index is 1030. The number of hydrogen-bond donors (Lipinski definition) is 4. The van der Waals surface area contributed by atoms with Gasteiger partial charge >= 0.3 is 5.97 Å². The molecule has 0 spiro atoms. The quantitative estimate of drug-likeness (QED) is 0.436. The molecule has 2 aromatic carbocycles. The van der Waals surface area contributed by atoms with Crippen LogP contribution in [-0.2, 0) is 25.8 Å². The molecule has 1 unspecified atom stereocenters. The SMILES string of the molecule is C[C@@](O)(CN(Cc1ccc(-c2cc(Cl)ccc2F)cc1)NC(=O)C1CC(=O)NO1)C(=O)O. The molecule has 0 aliphatic carbocycles. The lowest BCUT2D eigenvalue weighted by atomic mass is 10.0. The summed E-state index contributed by atoms with van der Waals surface area (Å²) < 4.78 is 14.1. The Morgan fingerprint density at radius 3 is 2.59 bits per heavy atom. The molecule has 9 nitrogen and oxygen atoms in total. The van der Waals surface area contributed by atoms with Gasteiger partial charge in [-0.25, -0.2) is 19.7 Å². The van der Waals surface area contributed by atoms with Crippen molar-refractivity contribution in [2.45, 2.75) is 31.6 Å². The Morgan fingerprint density at radius 1 is 1.31 bits per heavy atom. The van der Waals surface area contributed by atoms with Crippen LogP contribution in [0.5, 0.6) is 0 Å². The van der Waals surface area contributed by atoms with Crippen molar-refractivity contribution < 1.29 is 33.8 Å². The van der Waals surface area contributed by atoms with Crippen LogP contribution in [0.15, 0.2) is 42.5 Å². The molecule has 1 saturated heterocycles. The summed E-state index contributed by atoms with van der Waals surface area (Å²) in [6.45, 7) is 0.658. The number of aliphatic carboxylic acids is 1. The summed E-state index contributed by atoms with van der Waals surface area (Å²) in [5.74, 6) is -3.05. The number of amides is 2. The molecule has 1 aliphatic heterocycles. The van der Waals surface area contributed by atoms with Gasteiger partial charge in [-0.15, -0.1) is 0 Å². The van der Waals surface area contributed by atoms with Gasteiger partial charge in [0.25, 0.3) is 5.91 Å². The van der Waals surface area contributed by atoms with Crippen LogP contribution in [0.3, 0.4) is 0 Å². The molecule has 0 aromatic heterocycles. The third-order valence-corrected chi connectivity index (χ3v) is 5.01. The molecule has 1 aliphatic rings. The number of hydrogen-bond acceptors (Lipinski definition) is 6. The summed E-state index contributed by atoms with van der Waals surface area (Å²) in [5, 5.41) is 21.0. The normalized spacial score (nSPS) is 17.7. The van der Waals surface area contributed by atoms with E-state index in [1.165, 1.54) is 23.2 Å². The van der Waals surface area contributed by atoms with Gasteiger partial charge in [-0.1, -0.05) is 35.9 Å². The van der Waals surface area contributed by atoms with E-state index in [2.05, 4.69) is 10.9 Å². The molecule has 1 fully saturated rings. The van der Waals surface area contributed by atoms with Gasteiger partial charge in [0.2, 0.25) is 5.91 Å². The zero-order chi connectivity index (χ0) is 23.5. The van der Waals surface area contributed by atoms with E-state index >= 15 is 0 Å². The Labute approximate surface area is 187 Å². The zero-order valence-corrected chi connectivity index (χ0v) is 17.7. The van der Waals surface area contributed by atoms with Gasteiger partial charge in [-0.2, -0.15) is 0 Å². The number of rotatable bonds is 8. The number of carbonyl (C=O) groups is 3. The Hall–Kier alpha value is -3.05. The molecule has 11 heteroatoms. The summed E-state index contributed by atoms with van der Waals surface area (Å²) in [4.78, 5) is 39.9.